The van der Waals surface area contributed by atoms with E-state index in [9.17, 15) is 9.90 Å². The van der Waals surface area contributed by atoms with Gasteiger partial charge in [0.25, 0.3) is 5.91 Å². The summed E-state index contributed by atoms with van der Waals surface area (Å²) in [6.07, 6.45) is 0. The molecule has 0 fully saturated rings. The van der Waals surface area contributed by atoms with Crippen LogP contribution in [0.2, 0.25) is 0 Å². The minimum atomic E-state index is -0.271. The number of carbonyl (C=O) groups excluding carboxylic acids is 1. The zero-order valence-electron chi connectivity index (χ0n) is 11.2. The number of aryl methyl sites for hydroxylation is 1. The molecule has 0 radical (unpaired) electrons. The second-order valence-electron chi connectivity index (χ2n) is 4.65. The van der Waals surface area contributed by atoms with E-state index >= 15 is 0 Å². The molecule has 104 valence electrons. The monoisotopic (exact) mass is 333 g/mol. The summed E-state index contributed by atoms with van der Waals surface area (Å²) in [7, 11) is 0. The van der Waals surface area contributed by atoms with Crippen LogP contribution in [0.1, 0.15) is 27.0 Å². The quantitative estimate of drug-likeness (QED) is 0.841. The van der Waals surface area contributed by atoms with E-state index in [1.165, 1.54) is 5.56 Å². The lowest BCUT2D eigenvalue weighted by atomic mass is 10.1. The lowest BCUT2D eigenvalue weighted by Crippen LogP contribution is -2.22. The molecule has 0 bridgehead atoms. The number of alkyl halides is 1. The second-order valence-corrected chi connectivity index (χ2v) is 5.21. The Kier molecular flexibility index (Phi) is 4.79. The molecule has 3 nitrogen and oxygen atoms in total. The predicted octanol–water partition coefficient (Wildman–Crippen LogP) is 3.53. The minimum Gasteiger partial charge on any atom is -0.507 e. The van der Waals surface area contributed by atoms with Crippen molar-refractivity contribution in [1.82, 2.24) is 5.32 Å². The molecule has 0 atom stereocenters. The fraction of sp³-hybridized carbons (Fsp3) is 0.188. The van der Waals surface area contributed by atoms with Gasteiger partial charge >= 0.3 is 0 Å². The molecular weight excluding hydrogens is 318 g/mol. The van der Waals surface area contributed by atoms with Crippen LogP contribution in [0, 0.1) is 6.92 Å². The average Bonchev–Trinajstić information content (AvgIpc) is 2.45. The normalized spacial score (nSPS) is 10.3. The standard InChI is InChI=1S/C16H16BrNO2/c1-11-2-7-14(15(19)8-11)16(20)18-10-13-5-3-12(9-17)4-6-13/h2-8,19H,9-10H2,1H3,(H,18,20). The predicted molar refractivity (Wildman–Crippen MR) is 83.1 cm³/mol. The van der Waals surface area contributed by atoms with Crippen molar-refractivity contribution >= 4 is 21.8 Å². The van der Waals surface area contributed by atoms with Gasteiger partial charge in [-0.3, -0.25) is 4.79 Å². The van der Waals surface area contributed by atoms with Gasteiger partial charge in [-0.2, -0.15) is 0 Å². The number of amides is 1. The average molecular weight is 334 g/mol. The third-order valence-electron chi connectivity index (χ3n) is 3.03. The molecule has 0 saturated carbocycles. The lowest BCUT2D eigenvalue weighted by Gasteiger charge is -2.08. The summed E-state index contributed by atoms with van der Waals surface area (Å²) in [4.78, 5) is 12.0. The highest BCUT2D eigenvalue weighted by atomic mass is 79.9. The van der Waals surface area contributed by atoms with Crippen LogP contribution in [0.5, 0.6) is 5.75 Å². The molecule has 0 aliphatic carbocycles. The summed E-state index contributed by atoms with van der Waals surface area (Å²) in [6, 6.07) is 13.0. The number of rotatable bonds is 4. The first kappa shape index (κ1) is 14.6. The minimum absolute atomic E-state index is 0.0112. The molecule has 0 spiro atoms. The molecule has 4 heteroatoms. The van der Waals surface area contributed by atoms with Crippen molar-refractivity contribution in [3.8, 4) is 5.75 Å². The van der Waals surface area contributed by atoms with Gasteiger partial charge in [0.1, 0.15) is 5.75 Å². The molecule has 2 aromatic rings. The van der Waals surface area contributed by atoms with Crippen LogP contribution < -0.4 is 5.32 Å². The second kappa shape index (κ2) is 6.57. The third kappa shape index (κ3) is 3.61. The first-order chi connectivity index (χ1) is 9.60. The van der Waals surface area contributed by atoms with E-state index in [4.69, 9.17) is 0 Å². The van der Waals surface area contributed by atoms with Crippen LogP contribution >= 0.6 is 15.9 Å². The van der Waals surface area contributed by atoms with Gasteiger partial charge in [-0.25, -0.2) is 0 Å². The number of hydrogen-bond acceptors (Lipinski definition) is 2. The van der Waals surface area contributed by atoms with Crippen molar-refractivity contribution < 1.29 is 9.90 Å². The molecule has 2 rings (SSSR count). The Morgan fingerprint density at radius 2 is 1.80 bits per heavy atom. The molecule has 1 amide bonds. The fourth-order valence-electron chi connectivity index (χ4n) is 1.86. The number of hydrogen-bond donors (Lipinski definition) is 2. The Hall–Kier alpha value is -1.81. The maximum atomic E-state index is 12.0. The van der Waals surface area contributed by atoms with E-state index in [2.05, 4.69) is 21.2 Å². The topological polar surface area (TPSA) is 49.3 Å². The molecule has 0 unspecified atom stereocenters. The largest absolute Gasteiger partial charge is 0.507 e. The van der Waals surface area contributed by atoms with E-state index in [-0.39, 0.29) is 11.7 Å². The maximum absolute atomic E-state index is 12.0. The number of carbonyl (C=O) groups is 1. The van der Waals surface area contributed by atoms with Gasteiger partial charge in [-0.15, -0.1) is 0 Å². The summed E-state index contributed by atoms with van der Waals surface area (Å²) in [5.41, 5.74) is 3.43. The van der Waals surface area contributed by atoms with Crippen LogP contribution in [0.4, 0.5) is 0 Å². The Bertz CT molecular complexity index is 608. The molecule has 0 saturated heterocycles. The van der Waals surface area contributed by atoms with Crippen LogP contribution in [-0.4, -0.2) is 11.0 Å². The molecular formula is C16H16BrNO2. The zero-order chi connectivity index (χ0) is 14.5. The van der Waals surface area contributed by atoms with Gasteiger partial charge in [-0.1, -0.05) is 46.3 Å². The Morgan fingerprint density at radius 3 is 2.40 bits per heavy atom. The van der Waals surface area contributed by atoms with Crippen molar-refractivity contribution in [2.75, 3.05) is 0 Å². The molecule has 0 aromatic heterocycles. The van der Waals surface area contributed by atoms with Crippen LogP contribution in [-0.2, 0) is 11.9 Å². The first-order valence-corrected chi connectivity index (χ1v) is 7.44. The number of halogens is 1. The highest BCUT2D eigenvalue weighted by molar-refractivity contribution is 9.08. The summed E-state index contributed by atoms with van der Waals surface area (Å²) in [5, 5.41) is 13.4. The van der Waals surface area contributed by atoms with Gasteiger partial charge in [0.15, 0.2) is 0 Å². The van der Waals surface area contributed by atoms with Crippen molar-refractivity contribution in [3.63, 3.8) is 0 Å². The molecule has 0 heterocycles. The van der Waals surface area contributed by atoms with Crippen LogP contribution in [0.3, 0.4) is 0 Å². The third-order valence-corrected chi connectivity index (χ3v) is 3.68. The van der Waals surface area contributed by atoms with Gasteiger partial charge in [0.2, 0.25) is 0 Å². The molecule has 0 aliphatic rings. The Morgan fingerprint density at radius 1 is 1.15 bits per heavy atom. The number of nitrogens with one attached hydrogen (secondary N) is 1. The zero-order valence-corrected chi connectivity index (χ0v) is 12.8. The van der Waals surface area contributed by atoms with Crippen molar-refractivity contribution in [1.29, 1.82) is 0 Å². The number of benzene rings is 2. The molecule has 0 aliphatic heterocycles. The maximum Gasteiger partial charge on any atom is 0.255 e. The highest BCUT2D eigenvalue weighted by Gasteiger charge is 2.10. The lowest BCUT2D eigenvalue weighted by molar-refractivity contribution is 0.0948. The Labute approximate surface area is 126 Å². The van der Waals surface area contributed by atoms with Gasteiger partial charge in [0, 0.05) is 11.9 Å². The molecule has 2 N–H and O–H groups in total. The number of phenolic OH excluding ortho intramolecular Hbond substituents is 1. The molecule has 20 heavy (non-hydrogen) atoms. The van der Waals surface area contributed by atoms with Crippen molar-refractivity contribution in [2.24, 2.45) is 0 Å². The summed E-state index contributed by atoms with van der Waals surface area (Å²) >= 11 is 3.39. The van der Waals surface area contributed by atoms with Crippen molar-refractivity contribution in [3.05, 3.63) is 64.7 Å². The van der Waals surface area contributed by atoms with Crippen LogP contribution in [0.15, 0.2) is 42.5 Å². The smallest absolute Gasteiger partial charge is 0.255 e. The van der Waals surface area contributed by atoms with Crippen molar-refractivity contribution in [2.45, 2.75) is 18.8 Å². The number of aromatic hydroxyl groups is 1. The summed E-state index contributed by atoms with van der Waals surface area (Å²) in [5.74, 6) is -0.260. The number of phenols is 1. The highest BCUT2D eigenvalue weighted by Crippen LogP contribution is 2.18. The fourth-order valence-corrected chi connectivity index (χ4v) is 2.23. The van der Waals surface area contributed by atoms with E-state index < -0.39 is 0 Å². The molecule has 2 aromatic carbocycles. The summed E-state index contributed by atoms with van der Waals surface area (Å²) < 4.78 is 0. The van der Waals surface area contributed by atoms with E-state index in [0.29, 0.717) is 12.1 Å². The summed E-state index contributed by atoms with van der Waals surface area (Å²) in [6.45, 7) is 2.31. The SMILES string of the molecule is Cc1ccc(C(=O)NCc2ccc(CBr)cc2)c(O)c1. The Balaban J connectivity index is 2.00. The first-order valence-electron chi connectivity index (χ1n) is 6.32. The van der Waals surface area contributed by atoms with E-state index in [1.807, 2.05) is 31.2 Å². The van der Waals surface area contributed by atoms with Crippen LogP contribution in [0.25, 0.3) is 0 Å². The van der Waals surface area contributed by atoms with E-state index in [0.717, 1.165) is 16.5 Å². The van der Waals surface area contributed by atoms with Gasteiger partial charge in [0.05, 0.1) is 5.56 Å². The van der Waals surface area contributed by atoms with Gasteiger partial charge in [-0.05, 0) is 35.7 Å². The van der Waals surface area contributed by atoms with E-state index in [1.54, 1.807) is 18.2 Å². The van der Waals surface area contributed by atoms with Gasteiger partial charge < -0.3 is 10.4 Å².